The summed E-state index contributed by atoms with van der Waals surface area (Å²) < 4.78 is 4.97. The van der Waals surface area contributed by atoms with Crippen LogP contribution >= 0.6 is 12.2 Å². The Morgan fingerprint density at radius 1 is 1.09 bits per heavy atom. The molecule has 0 amide bonds. The molecule has 0 saturated carbocycles. The Balaban J connectivity index is 1.20. The number of nitrogens with one attached hydrogen (secondary N) is 1. The van der Waals surface area contributed by atoms with Crippen molar-refractivity contribution in [2.24, 2.45) is 11.8 Å². The van der Waals surface area contributed by atoms with Gasteiger partial charge in [-0.3, -0.25) is 4.79 Å². The molecular weight excluding hydrogens is 456 g/mol. The number of thiocarbonyl (C=S) groups is 1. The minimum Gasteiger partial charge on any atom is -0.467 e. The molecule has 2 heterocycles. The second-order valence-corrected chi connectivity index (χ2v) is 11.3. The van der Waals surface area contributed by atoms with Crippen molar-refractivity contribution in [3.05, 3.63) is 34.4 Å². The third-order valence-electron chi connectivity index (χ3n) is 8.59. The molecule has 35 heavy (non-hydrogen) atoms. The summed E-state index contributed by atoms with van der Waals surface area (Å²) in [5, 5.41) is 3.45. The van der Waals surface area contributed by atoms with Gasteiger partial charge in [-0.05, 0) is 93.5 Å². The van der Waals surface area contributed by atoms with E-state index in [2.05, 4.69) is 31.3 Å². The van der Waals surface area contributed by atoms with Crippen LogP contribution in [0.4, 0.5) is 0 Å². The van der Waals surface area contributed by atoms with E-state index in [1.54, 1.807) is 11.1 Å². The summed E-state index contributed by atoms with van der Waals surface area (Å²) in [6.07, 6.45) is 11.4. The molecule has 0 aromatic heterocycles. The van der Waals surface area contributed by atoms with E-state index >= 15 is 0 Å². The molecule has 0 radical (unpaired) electrons. The minimum absolute atomic E-state index is 0.0667. The Hall–Kier alpha value is -1.79. The highest BCUT2D eigenvalue weighted by Gasteiger charge is 2.41. The number of likely N-dealkylation sites (tertiary alicyclic amines) is 1. The number of ketones is 1. The van der Waals surface area contributed by atoms with Crippen LogP contribution in [0.15, 0.2) is 12.1 Å². The highest BCUT2D eigenvalue weighted by molar-refractivity contribution is 7.80. The maximum Gasteiger partial charge on any atom is 0.328 e. The minimum atomic E-state index is -0.301. The standard InChI is InChI=1S/C29H42N2O3S/c1-19-16-22-12-11-21(18-23(22)17-20(19)2)8-5-4-6-10-26(32)24-13-14-30-27(24)28(35)31-15-7-9-25(31)29(33)34-3/h16-17,21,24-25,27,30H,4-15,18H2,1-3H3/t21?,24?,25-,27+/m0/s1. The number of aryl methyl sites for hydroxylation is 3. The lowest BCUT2D eigenvalue weighted by molar-refractivity contribution is -0.144. The molecule has 2 unspecified atom stereocenters. The van der Waals surface area contributed by atoms with Crippen LogP contribution in [0.1, 0.15) is 80.0 Å². The van der Waals surface area contributed by atoms with Gasteiger partial charge >= 0.3 is 5.97 Å². The zero-order chi connectivity index (χ0) is 24.9. The number of unbranched alkanes of at least 4 members (excludes halogenated alkanes) is 2. The molecule has 0 spiro atoms. The largest absolute Gasteiger partial charge is 0.467 e. The van der Waals surface area contributed by atoms with Crippen LogP contribution in [-0.2, 0) is 27.2 Å². The summed E-state index contributed by atoms with van der Waals surface area (Å²) in [6, 6.07) is 4.37. The number of Topliss-reactive ketones (excluding diaryl/α,β-unsaturated/α-hetero) is 1. The van der Waals surface area contributed by atoms with Crippen molar-refractivity contribution in [1.82, 2.24) is 10.2 Å². The molecule has 6 heteroatoms. The molecule has 192 valence electrons. The highest BCUT2D eigenvalue weighted by atomic mass is 32.1. The predicted molar refractivity (Wildman–Crippen MR) is 144 cm³/mol. The van der Waals surface area contributed by atoms with E-state index in [4.69, 9.17) is 17.0 Å². The number of benzene rings is 1. The van der Waals surface area contributed by atoms with Gasteiger partial charge in [0, 0.05) is 18.9 Å². The molecule has 2 saturated heterocycles. The van der Waals surface area contributed by atoms with Crippen LogP contribution in [-0.4, -0.2) is 53.9 Å². The Morgan fingerprint density at radius 3 is 2.63 bits per heavy atom. The molecule has 0 bridgehead atoms. The Bertz CT molecular complexity index is 946. The van der Waals surface area contributed by atoms with Crippen LogP contribution in [0.2, 0.25) is 0 Å². The van der Waals surface area contributed by atoms with E-state index in [0.29, 0.717) is 12.2 Å². The van der Waals surface area contributed by atoms with Gasteiger partial charge in [0.15, 0.2) is 0 Å². The van der Waals surface area contributed by atoms with E-state index in [9.17, 15) is 9.59 Å². The lowest BCUT2D eigenvalue weighted by Crippen LogP contribution is -2.50. The summed E-state index contributed by atoms with van der Waals surface area (Å²) in [5.74, 6) is 0.818. The van der Waals surface area contributed by atoms with E-state index in [-0.39, 0.29) is 24.0 Å². The van der Waals surface area contributed by atoms with Gasteiger partial charge in [0.1, 0.15) is 11.8 Å². The van der Waals surface area contributed by atoms with Gasteiger partial charge in [-0.25, -0.2) is 4.79 Å². The van der Waals surface area contributed by atoms with Crippen LogP contribution in [0.5, 0.6) is 0 Å². The first-order valence-corrected chi connectivity index (χ1v) is 14.0. The van der Waals surface area contributed by atoms with Crippen molar-refractivity contribution >= 4 is 29.0 Å². The van der Waals surface area contributed by atoms with Gasteiger partial charge in [0.25, 0.3) is 0 Å². The molecule has 2 fully saturated rings. The molecule has 4 rings (SSSR count). The molecule has 1 aliphatic carbocycles. The Kier molecular flexibility index (Phi) is 8.98. The molecule has 1 aromatic carbocycles. The number of fused-ring (bicyclic) bond motifs is 1. The molecule has 1 N–H and O–H groups in total. The lowest BCUT2D eigenvalue weighted by Gasteiger charge is -2.30. The maximum atomic E-state index is 13.1. The molecule has 2 aliphatic heterocycles. The maximum absolute atomic E-state index is 13.1. The van der Waals surface area contributed by atoms with Gasteiger partial charge in [0.05, 0.1) is 18.1 Å². The number of methoxy groups -OCH3 is 1. The van der Waals surface area contributed by atoms with Crippen molar-refractivity contribution in [2.45, 2.75) is 96.6 Å². The number of carbonyl (C=O) groups is 2. The van der Waals surface area contributed by atoms with Crippen molar-refractivity contribution in [3.63, 3.8) is 0 Å². The van der Waals surface area contributed by atoms with E-state index in [1.165, 1.54) is 50.3 Å². The van der Waals surface area contributed by atoms with Crippen molar-refractivity contribution in [3.8, 4) is 0 Å². The van der Waals surface area contributed by atoms with E-state index in [0.717, 1.165) is 56.1 Å². The first kappa shape index (κ1) is 26.3. The van der Waals surface area contributed by atoms with Gasteiger partial charge in [-0.2, -0.15) is 0 Å². The Morgan fingerprint density at radius 2 is 1.86 bits per heavy atom. The van der Waals surface area contributed by atoms with Gasteiger partial charge in [-0.1, -0.05) is 43.6 Å². The molecule has 4 atom stereocenters. The molecular formula is C29H42N2O3S. The third kappa shape index (κ3) is 6.14. The number of hydrogen-bond acceptors (Lipinski definition) is 5. The Labute approximate surface area is 216 Å². The quantitative estimate of drug-likeness (QED) is 0.298. The average Bonchev–Trinajstić information content (AvgIpc) is 3.54. The highest BCUT2D eigenvalue weighted by Crippen LogP contribution is 2.31. The van der Waals surface area contributed by atoms with Gasteiger partial charge in [0.2, 0.25) is 0 Å². The zero-order valence-electron chi connectivity index (χ0n) is 21.7. The average molecular weight is 499 g/mol. The number of ether oxygens (including phenoxy) is 1. The number of nitrogens with zero attached hydrogens (tertiary/aromatic N) is 1. The number of carbonyl (C=O) groups excluding carboxylic acids is 2. The SMILES string of the molecule is COC(=O)[C@@H]1CCCN1C(=S)[C@@H]1NCCC1C(=O)CCCCCC1CCc2cc(C)c(C)cc2C1. The van der Waals surface area contributed by atoms with Crippen molar-refractivity contribution in [1.29, 1.82) is 0 Å². The predicted octanol–water partition coefficient (Wildman–Crippen LogP) is 4.87. The summed E-state index contributed by atoms with van der Waals surface area (Å²) in [5.41, 5.74) is 5.94. The molecule has 5 nitrogen and oxygen atoms in total. The van der Waals surface area contributed by atoms with Crippen LogP contribution in [0.25, 0.3) is 0 Å². The fourth-order valence-electron chi connectivity index (χ4n) is 6.37. The summed E-state index contributed by atoms with van der Waals surface area (Å²) >= 11 is 5.79. The topological polar surface area (TPSA) is 58.6 Å². The summed E-state index contributed by atoms with van der Waals surface area (Å²) in [4.78, 5) is 28.0. The second-order valence-electron chi connectivity index (χ2n) is 10.9. The third-order valence-corrected chi connectivity index (χ3v) is 9.08. The fourth-order valence-corrected chi connectivity index (χ4v) is 6.84. The molecule has 1 aromatic rings. The van der Waals surface area contributed by atoms with E-state index < -0.39 is 0 Å². The van der Waals surface area contributed by atoms with Gasteiger partial charge in [-0.15, -0.1) is 0 Å². The summed E-state index contributed by atoms with van der Waals surface area (Å²) in [6.45, 7) is 6.00. The lowest BCUT2D eigenvalue weighted by atomic mass is 9.80. The number of rotatable bonds is 9. The number of esters is 1. The first-order chi connectivity index (χ1) is 16.9. The van der Waals surface area contributed by atoms with Gasteiger partial charge < -0.3 is 15.0 Å². The second kappa shape index (κ2) is 12.0. The van der Waals surface area contributed by atoms with E-state index in [1.807, 2.05) is 4.90 Å². The van der Waals surface area contributed by atoms with Crippen LogP contribution in [0.3, 0.4) is 0 Å². The fraction of sp³-hybridized carbons (Fsp3) is 0.690. The zero-order valence-corrected chi connectivity index (χ0v) is 22.6. The normalized spacial score (nSPS) is 26.0. The van der Waals surface area contributed by atoms with Crippen molar-refractivity contribution < 1.29 is 14.3 Å². The van der Waals surface area contributed by atoms with Crippen LogP contribution in [0, 0.1) is 25.7 Å². The number of hydrogen-bond donors (Lipinski definition) is 1. The first-order valence-electron chi connectivity index (χ1n) is 13.6. The monoisotopic (exact) mass is 498 g/mol. The molecule has 3 aliphatic rings. The van der Waals surface area contributed by atoms with Crippen molar-refractivity contribution in [2.75, 3.05) is 20.2 Å². The smallest absolute Gasteiger partial charge is 0.328 e. The van der Waals surface area contributed by atoms with Crippen LogP contribution < -0.4 is 5.32 Å². The summed E-state index contributed by atoms with van der Waals surface area (Å²) in [7, 11) is 1.43.